The molecule has 1 heterocycles. The van der Waals surface area contributed by atoms with Gasteiger partial charge in [0, 0.05) is 30.7 Å². The highest BCUT2D eigenvalue weighted by Gasteiger charge is 2.25. The van der Waals surface area contributed by atoms with Gasteiger partial charge < -0.3 is 10.2 Å². The normalized spacial score (nSPS) is 22.9. The second kappa shape index (κ2) is 8.42. The standard InChI is InChI=1S/C17H27N3OS/c1-4-22-16-7-5-6-15(12-16)19-17(21)20(3)13(2)14-8-10-18-11-9-14/h8-11,13,15-16H,4-7,12H2,1-3H3,(H,19,21)/t13-,15+,16+/m0/s1. The summed E-state index contributed by atoms with van der Waals surface area (Å²) in [5.74, 6) is 1.16. The Kier molecular flexibility index (Phi) is 6.55. The molecule has 1 fully saturated rings. The summed E-state index contributed by atoms with van der Waals surface area (Å²) in [5.41, 5.74) is 1.11. The minimum atomic E-state index is 0.0245. The Hall–Kier alpha value is -1.23. The van der Waals surface area contributed by atoms with Gasteiger partial charge in [-0.1, -0.05) is 13.3 Å². The third kappa shape index (κ3) is 4.63. The van der Waals surface area contributed by atoms with Gasteiger partial charge in [-0.25, -0.2) is 4.79 Å². The van der Waals surface area contributed by atoms with E-state index in [2.05, 4.69) is 17.2 Å². The van der Waals surface area contributed by atoms with Crippen molar-refractivity contribution in [3.63, 3.8) is 0 Å². The number of nitrogens with one attached hydrogen (secondary N) is 1. The molecule has 1 aliphatic rings. The Bertz CT molecular complexity index is 466. The molecule has 2 amide bonds. The van der Waals surface area contributed by atoms with E-state index in [9.17, 15) is 4.79 Å². The van der Waals surface area contributed by atoms with Crippen molar-refractivity contribution in [2.45, 2.75) is 56.9 Å². The van der Waals surface area contributed by atoms with E-state index in [0.717, 1.165) is 24.2 Å². The van der Waals surface area contributed by atoms with Crippen LogP contribution in [0.1, 0.15) is 51.1 Å². The van der Waals surface area contributed by atoms with Crippen molar-refractivity contribution in [2.24, 2.45) is 0 Å². The molecule has 0 saturated heterocycles. The van der Waals surface area contributed by atoms with Gasteiger partial charge in [-0.2, -0.15) is 11.8 Å². The van der Waals surface area contributed by atoms with Crippen LogP contribution >= 0.6 is 11.8 Å². The van der Waals surface area contributed by atoms with Crippen LogP contribution in [0.15, 0.2) is 24.5 Å². The van der Waals surface area contributed by atoms with Crippen molar-refractivity contribution in [1.29, 1.82) is 0 Å². The van der Waals surface area contributed by atoms with Crippen LogP contribution in [0.25, 0.3) is 0 Å². The summed E-state index contributed by atoms with van der Waals surface area (Å²) in [4.78, 5) is 18.3. The van der Waals surface area contributed by atoms with Crippen LogP contribution in [-0.2, 0) is 0 Å². The summed E-state index contributed by atoms with van der Waals surface area (Å²) >= 11 is 2.02. The summed E-state index contributed by atoms with van der Waals surface area (Å²) < 4.78 is 0. The molecule has 1 saturated carbocycles. The lowest BCUT2D eigenvalue weighted by Crippen LogP contribution is -2.46. The van der Waals surface area contributed by atoms with E-state index >= 15 is 0 Å². The van der Waals surface area contributed by atoms with E-state index in [0.29, 0.717) is 11.3 Å². The van der Waals surface area contributed by atoms with Crippen LogP contribution < -0.4 is 5.32 Å². The molecule has 0 radical (unpaired) electrons. The number of aromatic nitrogens is 1. The van der Waals surface area contributed by atoms with Crippen LogP contribution in [0.2, 0.25) is 0 Å². The van der Waals surface area contributed by atoms with Gasteiger partial charge in [-0.15, -0.1) is 0 Å². The van der Waals surface area contributed by atoms with E-state index in [1.54, 1.807) is 17.3 Å². The number of carbonyl (C=O) groups is 1. The summed E-state index contributed by atoms with van der Waals surface area (Å²) in [6, 6.07) is 4.31. The van der Waals surface area contributed by atoms with Gasteiger partial charge in [0.15, 0.2) is 0 Å². The van der Waals surface area contributed by atoms with E-state index in [1.807, 2.05) is 37.9 Å². The number of thioether (sulfide) groups is 1. The van der Waals surface area contributed by atoms with Gasteiger partial charge in [0.05, 0.1) is 6.04 Å². The lowest BCUT2D eigenvalue weighted by molar-refractivity contribution is 0.187. The van der Waals surface area contributed by atoms with E-state index < -0.39 is 0 Å². The van der Waals surface area contributed by atoms with E-state index in [4.69, 9.17) is 0 Å². The van der Waals surface area contributed by atoms with Crippen molar-refractivity contribution in [3.05, 3.63) is 30.1 Å². The first kappa shape index (κ1) is 17.1. The Labute approximate surface area is 138 Å². The minimum absolute atomic E-state index is 0.0245. The van der Waals surface area contributed by atoms with Gasteiger partial charge in [0.25, 0.3) is 0 Å². The fourth-order valence-electron chi connectivity index (χ4n) is 2.98. The van der Waals surface area contributed by atoms with Crippen molar-refractivity contribution in [3.8, 4) is 0 Å². The van der Waals surface area contributed by atoms with Crippen molar-refractivity contribution >= 4 is 17.8 Å². The molecule has 0 aliphatic heterocycles. The predicted molar refractivity (Wildman–Crippen MR) is 93.1 cm³/mol. The Morgan fingerprint density at radius 2 is 2.18 bits per heavy atom. The molecule has 0 spiro atoms. The van der Waals surface area contributed by atoms with E-state index in [-0.39, 0.29) is 12.1 Å². The monoisotopic (exact) mass is 321 g/mol. The lowest BCUT2D eigenvalue weighted by Gasteiger charge is -2.32. The number of pyridine rings is 1. The van der Waals surface area contributed by atoms with Gasteiger partial charge in [-0.05, 0) is 49.6 Å². The molecule has 3 atom stereocenters. The Morgan fingerprint density at radius 1 is 1.45 bits per heavy atom. The smallest absolute Gasteiger partial charge is 0.317 e. The number of carbonyl (C=O) groups excluding carboxylic acids is 1. The van der Waals surface area contributed by atoms with Crippen molar-refractivity contribution < 1.29 is 4.79 Å². The van der Waals surface area contributed by atoms with Crippen LogP contribution in [0.3, 0.4) is 0 Å². The molecule has 1 aromatic rings. The van der Waals surface area contributed by atoms with Gasteiger partial charge in [0.2, 0.25) is 0 Å². The van der Waals surface area contributed by atoms with Crippen molar-refractivity contribution in [2.75, 3.05) is 12.8 Å². The average molecular weight is 321 g/mol. The first-order valence-electron chi connectivity index (χ1n) is 8.16. The summed E-state index contributed by atoms with van der Waals surface area (Å²) in [7, 11) is 1.86. The molecule has 2 rings (SSSR count). The number of hydrogen-bond acceptors (Lipinski definition) is 3. The maximum atomic E-state index is 12.5. The number of hydrogen-bond donors (Lipinski definition) is 1. The van der Waals surface area contributed by atoms with Gasteiger partial charge in [0.1, 0.15) is 0 Å². The highest BCUT2D eigenvalue weighted by Crippen LogP contribution is 2.28. The molecular formula is C17H27N3OS. The average Bonchev–Trinajstić information content (AvgIpc) is 2.55. The zero-order valence-corrected chi connectivity index (χ0v) is 14.6. The largest absolute Gasteiger partial charge is 0.335 e. The fourth-order valence-corrected chi connectivity index (χ4v) is 4.15. The zero-order chi connectivity index (χ0) is 15.9. The van der Waals surface area contributed by atoms with E-state index in [1.165, 1.54) is 12.8 Å². The second-order valence-electron chi connectivity index (χ2n) is 5.96. The van der Waals surface area contributed by atoms with Crippen molar-refractivity contribution in [1.82, 2.24) is 15.2 Å². The highest BCUT2D eigenvalue weighted by molar-refractivity contribution is 7.99. The molecule has 22 heavy (non-hydrogen) atoms. The minimum Gasteiger partial charge on any atom is -0.335 e. The molecule has 1 aliphatic carbocycles. The Balaban J connectivity index is 1.88. The first-order chi connectivity index (χ1) is 10.6. The number of urea groups is 1. The number of rotatable bonds is 5. The molecule has 0 bridgehead atoms. The first-order valence-corrected chi connectivity index (χ1v) is 9.21. The van der Waals surface area contributed by atoms with Crippen LogP contribution in [-0.4, -0.2) is 40.0 Å². The predicted octanol–water partition coefficient (Wildman–Crippen LogP) is 3.85. The molecule has 122 valence electrons. The lowest BCUT2D eigenvalue weighted by atomic mass is 9.95. The molecule has 1 aromatic heterocycles. The highest BCUT2D eigenvalue weighted by atomic mass is 32.2. The topological polar surface area (TPSA) is 45.2 Å². The molecular weight excluding hydrogens is 294 g/mol. The van der Waals surface area contributed by atoms with Crippen LogP contribution in [0.5, 0.6) is 0 Å². The number of amides is 2. The maximum absolute atomic E-state index is 12.5. The SMILES string of the molecule is CCS[C@@H]1CCC[C@@H](NC(=O)N(C)[C@@H](C)c2ccncc2)C1. The molecule has 1 N–H and O–H groups in total. The second-order valence-corrected chi connectivity index (χ2v) is 7.54. The summed E-state index contributed by atoms with van der Waals surface area (Å²) in [6.07, 6.45) is 8.24. The number of nitrogens with zero attached hydrogens (tertiary/aromatic N) is 2. The summed E-state index contributed by atoms with van der Waals surface area (Å²) in [5, 5.41) is 3.92. The molecule has 0 aromatic carbocycles. The maximum Gasteiger partial charge on any atom is 0.317 e. The molecule has 5 heteroatoms. The van der Waals surface area contributed by atoms with Gasteiger partial charge >= 0.3 is 6.03 Å². The quantitative estimate of drug-likeness (QED) is 0.896. The summed E-state index contributed by atoms with van der Waals surface area (Å²) in [6.45, 7) is 4.25. The van der Waals surface area contributed by atoms with Crippen LogP contribution in [0.4, 0.5) is 4.79 Å². The third-order valence-electron chi connectivity index (χ3n) is 4.45. The fraction of sp³-hybridized carbons (Fsp3) is 0.647. The zero-order valence-electron chi connectivity index (χ0n) is 13.8. The third-order valence-corrected chi connectivity index (χ3v) is 5.68. The molecule has 0 unspecified atom stereocenters. The molecule has 4 nitrogen and oxygen atoms in total. The van der Waals surface area contributed by atoms with Gasteiger partial charge in [-0.3, -0.25) is 4.98 Å². The Morgan fingerprint density at radius 3 is 2.86 bits per heavy atom. The van der Waals surface area contributed by atoms with Crippen LogP contribution in [0, 0.1) is 0 Å².